The summed E-state index contributed by atoms with van der Waals surface area (Å²) in [7, 11) is 2.73. The summed E-state index contributed by atoms with van der Waals surface area (Å²) in [6, 6.07) is 13.8. The number of amides is 3. The zero-order valence-electron chi connectivity index (χ0n) is 20.2. The van der Waals surface area contributed by atoms with E-state index in [1.807, 2.05) is 30.3 Å². The monoisotopic (exact) mass is 532 g/mol. The molecule has 0 aliphatic carbocycles. The van der Waals surface area contributed by atoms with Gasteiger partial charge in [0.15, 0.2) is 0 Å². The second kappa shape index (κ2) is 13.3. The molecule has 10 nitrogen and oxygen atoms in total. The topological polar surface area (TPSA) is 123 Å². The van der Waals surface area contributed by atoms with Crippen LogP contribution >= 0.6 is 11.6 Å². The van der Waals surface area contributed by atoms with Crippen LogP contribution in [-0.2, 0) is 20.8 Å². The van der Waals surface area contributed by atoms with Crippen molar-refractivity contribution in [1.29, 1.82) is 0 Å². The lowest BCUT2D eigenvalue weighted by Crippen LogP contribution is -2.46. The molecule has 0 bridgehead atoms. The number of carbonyl (C=O) groups is 3. The minimum atomic E-state index is -0.834. The van der Waals surface area contributed by atoms with E-state index in [1.54, 1.807) is 12.1 Å². The van der Waals surface area contributed by atoms with Crippen molar-refractivity contribution in [3.63, 3.8) is 0 Å². The number of anilines is 1. The third kappa shape index (κ3) is 7.94. The van der Waals surface area contributed by atoms with Crippen LogP contribution in [0.3, 0.4) is 0 Å². The lowest BCUT2D eigenvalue weighted by atomic mass is 10.1. The molecule has 0 aliphatic heterocycles. The number of rotatable bonds is 10. The predicted octanol–water partition coefficient (Wildman–Crippen LogP) is 4.85. The number of nitrogens with zero attached hydrogens (tertiary/aromatic N) is 2. The molecule has 1 heterocycles. The van der Waals surface area contributed by atoms with Gasteiger partial charge in [-0.1, -0.05) is 59.2 Å². The van der Waals surface area contributed by atoms with Crippen molar-refractivity contribution in [3.8, 4) is 11.3 Å². The van der Waals surface area contributed by atoms with E-state index in [2.05, 4.69) is 20.5 Å². The molecule has 2 N–H and O–H groups in total. The molecule has 1 aromatic heterocycles. The number of likely N-dealkylation sites (N-methyl/N-ethyl adjacent to an activating group) is 1. The van der Waals surface area contributed by atoms with Gasteiger partial charge in [0, 0.05) is 31.6 Å². The molecule has 3 amide bonds. The van der Waals surface area contributed by atoms with Crippen molar-refractivity contribution < 1.29 is 32.8 Å². The van der Waals surface area contributed by atoms with E-state index in [4.69, 9.17) is 20.9 Å². The maximum Gasteiger partial charge on any atom is 0.414 e. The van der Waals surface area contributed by atoms with Crippen LogP contribution in [0.5, 0.6) is 0 Å². The first-order valence-corrected chi connectivity index (χ1v) is 11.6. The molecule has 0 radical (unpaired) electrons. The van der Waals surface area contributed by atoms with E-state index in [9.17, 15) is 18.8 Å². The highest BCUT2D eigenvalue weighted by atomic mass is 35.5. The van der Waals surface area contributed by atoms with Crippen molar-refractivity contribution in [2.75, 3.05) is 26.1 Å². The molecule has 196 valence electrons. The van der Waals surface area contributed by atoms with Crippen LogP contribution in [0, 0.1) is 5.82 Å². The number of methoxy groups -OCH3 is 1. The Balaban J connectivity index is 1.58. The molecule has 0 unspecified atom stereocenters. The van der Waals surface area contributed by atoms with Crippen molar-refractivity contribution in [2.45, 2.75) is 25.4 Å². The fourth-order valence-electron chi connectivity index (χ4n) is 3.31. The fourth-order valence-corrected chi connectivity index (χ4v) is 3.50. The largest absolute Gasteiger partial charge is 0.469 e. The molecular weight excluding hydrogens is 507 g/mol. The number of esters is 1. The number of nitrogens with one attached hydrogen (secondary N) is 2. The van der Waals surface area contributed by atoms with E-state index in [0.29, 0.717) is 11.3 Å². The normalized spacial score (nSPS) is 11.4. The Morgan fingerprint density at radius 3 is 2.65 bits per heavy atom. The highest BCUT2D eigenvalue weighted by Gasteiger charge is 2.23. The maximum atomic E-state index is 13.7. The number of carbonyl (C=O) groups excluding carboxylic acids is 3. The first-order chi connectivity index (χ1) is 17.8. The van der Waals surface area contributed by atoms with Crippen LogP contribution in [0.2, 0.25) is 5.02 Å². The van der Waals surface area contributed by atoms with Crippen LogP contribution in [0.1, 0.15) is 18.4 Å². The van der Waals surface area contributed by atoms with Gasteiger partial charge >= 0.3 is 18.1 Å². The Morgan fingerprint density at radius 2 is 1.92 bits per heavy atom. The SMILES string of the molecule is COC(=O)CC[C@@H](COC(=O)Nc1cc(-c2ccccc2)no1)N(C)C(=O)NCc1cccc(F)c1Cl. The number of aromatic nitrogens is 1. The Kier molecular flexibility index (Phi) is 9.84. The van der Waals surface area contributed by atoms with Gasteiger partial charge in [0.05, 0.1) is 18.2 Å². The Morgan fingerprint density at radius 1 is 1.16 bits per heavy atom. The van der Waals surface area contributed by atoms with Crippen LogP contribution < -0.4 is 10.6 Å². The van der Waals surface area contributed by atoms with Gasteiger partial charge in [-0.25, -0.2) is 14.0 Å². The van der Waals surface area contributed by atoms with Crippen molar-refractivity contribution in [3.05, 3.63) is 71.0 Å². The van der Waals surface area contributed by atoms with E-state index in [1.165, 1.54) is 31.2 Å². The number of benzene rings is 2. The standard InChI is InChI=1S/C25H26ClFN4O6/c1-31(24(33)28-14-17-9-6-10-19(27)23(17)26)18(11-12-22(32)35-2)15-36-25(34)29-21-13-20(30-37-21)16-7-4-3-5-8-16/h3-10,13,18H,11-12,14-15H2,1-2H3,(H,28,33)(H,29,34)/t18-/m0/s1. The van der Waals surface area contributed by atoms with Gasteiger partial charge in [-0.05, 0) is 18.1 Å². The van der Waals surface area contributed by atoms with E-state index in [0.717, 1.165) is 5.56 Å². The number of ether oxygens (including phenoxy) is 2. The molecule has 2 aromatic carbocycles. The summed E-state index contributed by atoms with van der Waals surface area (Å²) >= 11 is 5.94. The van der Waals surface area contributed by atoms with Crippen LogP contribution in [0.4, 0.5) is 19.9 Å². The molecule has 1 atom stereocenters. The van der Waals surface area contributed by atoms with Gasteiger partial charge in [0.25, 0.3) is 0 Å². The number of urea groups is 1. The Bertz CT molecular complexity index is 1220. The molecule has 0 saturated carbocycles. The fraction of sp³-hybridized carbons (Fsp3) is 0.280. The number of halogens is 2. The summed E-state index contributed by atoms with van der Waals surface area (Å²) in [5.74, 6) is -1.00. The lowest BCUT2D eigenvalue weighted by molar-refractivity contribution is -0.141. The van der Waals surface area contributed by atoms with Gasteiger partial charge < -0.3 is 24.2 Å². The average molecular weight is 533 g/mol. The summed E-state index contributed by atoms with van der Waals surface area (Å²) in [6.07, 6.45) is -0.688. The van der Waals surface area contributed by atoms with Crippen LogP contribution in [0.15, 0.2) is 59.1 Å². The lowest BCUT2D eigenvalue weighted by Gasteiger charge is -2.28. The van der Waals surface area contributed by atoms with Crippen LogP contribution in [0.25, 0.3) is 11.3 Å². The minimum Gasteiger partial charge on any atom is -0.469 e. The van der Waals surface area contributed by atoms with Crippen molar-refractivity contribution in [2.24, 2.45) is 0 Å². The van der Waals surface area contributed by atoms with Gasteiger partial charge in [-0.15, -0.1) is 0 Å². The summed E-state index contributed by atoms with van der Waals surface area (Å²) < 4.78 is 28.7. The molecule has 3 rings (SSSR count). The second-order valence-electron chi connectivity index (χ2n) is 7.92. The average Bonchev–Trinajstić information content (AvgIpc) is 3.37. The van der Waals surface area contributed by atoms with Crippen molar-refractivity contribution >= 4 is 35.6 Å². The van der Waals surface area contributed by atoms with Gasteiger partial charge in [0.2, 0.25) is 5.88 Å². The highest BCUT2D eigenvalue weighted by Crippen LogP contribution is 2.22. The number of hydrogen-bond acceptors (Lipinski definition) is 7. The van der Waals surface area contributed by atoms with Gasteiger partial charge in [-0.3, -0.25) is 10.1 Å². The maximum absolute atomic E-state index is 13.7. The Hall–Kier alpha value is -4.12. The van der Waals surface area contributed by atoms with E-state index >= 15 is 0 Å². The Labute approximate surface area is 217 Å². The molecule has 0 saturated heterocycles. The molecule has 12 heteroatoms. The zero-order valence-corrected chi connectivity index (χ0v) is 21.0. The molecule has 0 spiro atoms. The molecule has 0 fully saturated rings. The molecular formula is C25H26ClFN4O6. The first kappa shape index (κ1) is 27.5. The first-order valence-electron chi connectivity index (χ1n) is 11.2. The van der Waals surface area contributed by atoms with Crippen molar-refractivity contribution in [1.82, 2.24) is 15.4 Å². The third-order valence-electron chi connectivity index (χ3n) is 5.45. The number of hydrogen-bond donors (Lipinski definition) is 2. The van der Waals surface area contributed by atoms with Gasteiger partial charge in [-0.2, -0.15) is 0 Å². The molecule has 3 aromatic rings. The summed E-state index contributed by atoms with van der Waals surface area (Å²) in [5.41, 5.74) is 1.73. The summed E-state index contributed by atoms with van der Waals surface area (Å²) in [4.78, 5) is 38.0. The zero-order chi connectivity index (χ0) is 26.8. The highest BCUT2D eigenvalue weighted by molar-refractivity contribution is 6.31. The predicted molar refractivity (Wildman–Crippen MR) is 133 cm³/mol. The summed E-state index contributed by atoms with van der Waals surface area (Å²) in [6.45, 7) is -0.257. The smallest absolute Gasteiger partial charge is 0.414 e. The molecule has 37 heavy (non-hydrogen) atoms. The quantitative estimate of drug-likeness (QED) is 0.358. The third-order valence-corrected chi connectivity index (χ3v) is 5.87. The van der Waals surface area contributed by atoms with E-state index in [-0.39, 0.29) is 36.9 Å². The van der Waals surface area contributed by atoms with E-state index < -0.39 is 30.0 Å². The van der Waals surface area contributed by atoms with Crippen LogP contribution in [-0.4, -0.2) is 55.0 Å². The summed E-state index contributed by atoms with van der Waals surface area (Å²) in [5, 5.41) is 8.90. The van der Waals surface area contributed by atoms with Gasteiger partial charge in [0.1, 0.15) is 18.1 Å². The molecule has 0 aliphatic rings. The minimum absolute atomic E-state index is 0.0119. The second-order valence-corrected chi connectivity index (χ2v) is 8.30.